The van der Waals surface area contributed by atoms with Crippen LogP contribution < -0.4 is 22.1 Å². The van der Waals surface area contributed by atoms with Crippen molar-refractivity contribution in [3.8, 4) is 0 Å². The summed E-state index contributed by atoms with van der Waals surface area (Å²) in [6.07, 6.45) is 5.47. The predicted octanol–water partition coefficient (Wildman–Crippen LogP) is 3.60. The Hall–Kier alpha value is -3.26. The van der Waals surface area contributed by atoms with Crippen molar-refractivity contribution in [2.75, 3.05) is 10.6 Å². The maximum atomic E-state index is 14.7. The number of benzene rings is 1. The van der Waals surface area contributed by atoms with Crippen LogP contribution in [0.15, 0.2) is 36.5 Å². The van der Waals surface area contributed by atoms with Crippen LogP contribution in [0.1, 0.15) is 41.6 Å². The average Bonchev–Trinajstić information content (AvgIpc) is 2.72. The first kappa shape index (κ1) is 20.0. The molecule has 1 aliphatic carbocycles. The van der Waals surface area contributed by atoms with E-state index in [0.29, 0.717) is 5.69 Å². The molecule has 3 aromatic rings. The molecule has 2 heterocycles. The van der Waals surface area contributed by atoms with E-state index in [9.17, 15) is 9.18 Å². The molecule has 2 atom stereocenters. The van der Waals surface area contributed by atoms with Gasteiger partial charge in [-0.1, -0.05) is 31.0 Å². The van der Waals surface area contributed by atoms with Gasteiger partial charge in [-0.15, -0.1) is 0 Å². The molecule has 0 aliphatic heterocycles. The zero-order chi connectivity index (χ0) is 21.3. The highest BCUT2D eigenvalue weighted by atomic mass is 19.1. The van der Waals surface area contributed by atoms with Crippen molar-refractivity contribution in [1.29, 1.82) is 0 Å². The van der Waals surface area contributed by atoms with Crippen molar-refractivity contribution >= 4 is 34.1 Å². The summed E-state index contributed by atoms with van der Waals surface area (Å²) in [5.41, 5.74) is 14.2. The normalized spacial score (nSPS) is 18.9. The van der Waals surface area contributed by atoms with Gasteiger partial charge < -0.3 is 22.1 Å². The maximum Gasteiger partial charge on any atom is 0.252 e. The number of nitrogens with zero attached hydrogens (tertiary/aromatic N) is 2. The number of aryl methyl sites for hydroxylation is 1. The second-order valence-electron chi connectivity index (χ2n) is 7.77. The van der Waals surface area contributed by atoms with Crippen molar-refractivity contribution in [3.05, 3.63) is 53.5 Å². The molecule has 156 valence electrons. The first-order chi connectivity index (χ1) is 14.4. The summed E-state index contributed by atoms with van der Waals surface area (Å²) in [5, 5.41) is 7.12. The van der Waals surface area contributed by atoms with Gasteiger partial charge in [0.1, 0.15) is 5.82 Å². The molecule has 1 saturated carbocycles. The summed E-state index contributed by atoms with van der Waals surface area (Å²) < 4.78 is 14.7. The van der Waals surface area contributed by atoms with Gasteiger partial charge in [0.15, 0.2) is 11.6 Å². The number of fused-ring (bicyclic) bond motifs is 1. The van der Waals surface area contributed by atoms with Crippen LogP contribution in [0.3, 0.4) is 0 Å². The molecule has 2 aromatic heterocycles. The number of anilines is 3. The van der Waals surface area contributed by atoms with Gasteiger partial charge in [0.25, 0.3) is 5.91 Å². The molecule has 6 N–H and O–H groups in total. The lowest BCUT2D eigenvalue weighted by Gasteiger charge is -2.30. The molecule has 4 rings (SSSR count). The van der Waals surface area contributed by atoms with E-state index in [-0.39, 0.29) is 29.3 Å². The molecular weight excluding hydrogens is 383 g/mol. The van der Waals surface area contributed by atoms with Crippen LogP contribution in [0.4, 0.5) is 21.7 Å². The predicted molar refractivity (Wildman–Crippen MR) is 116 cm³/mol. The van der Waals surface area contributed by atoms with Gasteiger partial charge in [-0.05, 0) is 37.5 Å². The van der Waals surface area contributed by atoms with Crippen LogP contribution >= 0.6 is 0 Å². The van der Waals surface area contributed by atoms with Crippen molar-refractivity contribution in [1.82, 2.24) is 9.97 Å². The molecule has 1 aromatic carbocycles. The number of primary amides is 1. The largest absolute Gasteiger partial charge is 0.365 e. The van der Waals surface area contributed by atoms with Gasteiger partial charge in [-0.2, -0.15) is 0 Å². The minimum Gasteiger partial charge on any atom is -0.365 e. The molecule has 0 radical (unpaired) electrons. The quantitative estimate of drug-likeness (QED) is 0.512. The zero-order valence-electron chi connectivity index (χ0n) is 16.8. The zero-order valence-corrected chi connectivity index (χ0v) is 16.8. The summed E-state index contributed by atoms with van der Waals surface area (Å²) in [5.74, 6) is -1.19. The number of halogens is 1. The van der Waals surface area contributed by atoms with Gasteiger partial charge in [-0.3, -0.25) is 9.78 Å². The Kier molecular flexibility index (Phi) is 5.50. The summed E-state index contributed by atoms with van der Waals surface area (Å²) in [7, 11) is 0. The smallest absolute Gasteiger partial charge is 0.252 e. The van der Waals surface area contributed by atoms with Crippen LogP contribution in [0.25, 0.3) is 10.9 Å². The number of hydrogen-bond acceptors (Lipinski definition) is 6. The molecular formula is C22H25FN6O. The second kappa shape index (κ2) is 8.23. The molecule has 1 amide bonds. The number of pyridine rings is 2. The molecule has 8 heteroatoms. The summed E-state index contributed by atoms with van der Waals surface area (Å²) in [4.78, 5) is 20.7. The first-order valence-corrected chi connectivity index (χ1v) is 10.1. The highest BCUT2D eigenvalue weighted by Crippen LogP contribution is 2.28. The Balaban J connectivity index is 1.68. The number of para-hydroxylation sites is 1. The van der Waals surface area contributed by atoms with E-state index in [1.165, 1.54) is 0 Å². The lowest BCUT2D eigenvalue weighted by atomic mass is 9.91. The van der Waals surface area contributed by atoms with Crippen LogP contribution in [0, 0.1) is 12.7 Å². The number of carbonyl (C=O) groups excluding carboxylic acids is 1. The van der Waals surface area contributed by atoms with E-state index >= 15 is 0 Å². The number of aromatic nitrogens is 2. The van der Waals surface area contributed by atoms with Gasteiger partial charge in [0.05, 0.1) is 23.0 Å². The van der Waals surface area contributed by atoms with E-state index < -0.39 is 11.7 Å². The highest BCUT2D eigenvalue weighted by molar-refractivity contribution is 5.99. The first-order valence-electron chi connectivity index (χ1n) is 10.1. The van der Waals surface area contributed by atoms with Crippen molar-refractivity contribution in [2.45, 2.75) is 44.7 Å². The molecule has 7 nitrogen and oxygen atoms in total. The molecule has 1 aliphatic rings. The molecule has 1 fully saturated rings. The third kappa shape index (κ3) is 4.04. The SMILES string of the molecule is Cc1cccc2cc(Nc3nc(N[C@@H]4CCCC[C@@H]4N)c(F)cc3C(N)=O)cnc12. The van der Waals surface area contributed by atoms with Crippen LogP contribution in [0.2, 0.25) is 0 Å². The number of hydrogen-bond donors (Lipinski definition) is 4. The Morgan fingerprint density at radius 1 is 1.20 bits per heavy atom. The van der Waals surface area contributed by atoms with E-state index in [0.717, 1.165) is 48.2 Å². The molecule has 0 unspecified atom stereocenters. The topological polar surface area (TPSA) is 119 Å². The molecule has 0 bridgehead atoms. The van der Waals surface area contributed by atoms with E-state index in [4.69, 9.17) is 11.5 Å². The lowest BCUT2D eigenvalue weighted by Crippen LogP contribution is -2.43. The Morgan fingerprint density at radius 3 is 2.77 bits per heavy atom. The fourth-order valence-corrected chi connectivity index (χ4v) is 3.91. The third-order valence-corrected chi connectivity index (χ3v) is 5.56. The molecule has 0 spiro atoms. The number of nitrogens with one attached hydrogen (secondary N) is 2. The van der Waals surface area contributed by atoms with Crippen molar-refractivity contribution < 1.29 is 9.18 Å². The minimum absolute atomic E-state index is 0.0321. The third-order valence-electron chi connectivity index (χ3n) is 5.56. The van der Waals surface area contributed by atoms with Gasteiger partial charge in [0, 0.05) is 17.5 Å². The summed E-state index contributed by atoms with van der Waals surface area (Å²) in [6, 6.07) is 8.75. The van der Waals surface area contributed by atoms with Crippen molar-refractivity contribution in [3.63, 3.8) is 0 Å². The maximum absolute atomic E-state index is 14.7. The summed E-state index contributed by atoms with van der Waals surface area (Å²) >= 11 is 0. The second-order valence-corrected chi connectivity index (χ2v) is 7.77. The fourth-order valence-electron chi connectivity index (χ4n) is 3.91. The van der Waals surface area contributed by atoms with Gasteiger partial charge >= 0.3 is 0 Å². The molecule has 0 saturated heterocycles. The van der Waals surface area contributed by atoms with Gasteiger partial charge in [-0.25, -0.2) is 9.37 Å². The average molecular weight is 408 g/mol. The molecule has 30 heavy (non-hydrogen) atoms. The van der Waals surface area contributed by atoms with Crippen molar-refractivity contribution in [2.24, 2.45) is 11.5 Å². The van der Waals surface area contributed by atoms with Crippen LogP contribution in [0.5, 0.6) is 0 Å². The van der Waals surface area contributed by atoms with E-state index in [2.05, 4.69) is 20.6 Å². The fraction of sp³-hybridized carbons (Fsp3) is 0.318. The Morgan fingerprint density at radius 2 is 2.00 bits per heavy atom. The van der Waals surface area contributed by atoms with Gasteiger partial charge in [0.2, 0.25) is 0 Å². The summed E-state index contributed by atoms with van der Waals surface area (Å²) in [6.45, 7) is 1.99. The monoisotopic (exact) mass is 408 g/mol. The van der Waals surface area contributed by atoms with E-state index in [1.807, 2.05) is 31.2 Å². The Labute approximate surface area is 174 Å². The van der Waals surface area contributed by atoms with E-state index in [1.54, 1.807) is 6.20 Å². The minimum atomic E-state index is -0.769. The van der Waals surface area contributed by atoms with Crippen LogP contribution in [-0.2, 0) is 0 Å². The number of nitrogens with two attached hydrogens (primary N) is 2. The number of amides is 1. The van der Waals surface area contributed by atoms with Crippen LogP contribution in [-0.4, -0.2) is 28.0 Å². The standard InChI is InChI=1S/C22H25FN6O/c1-12-5-4-6-13-9-14(11-26-19(12)13)27-21-15(20(25)30)10-16(23)22(29-21)28-18-8-3-2-7-17(18)24/h4-6,9-11,17-18H,2-3,7-8,24H2,1H3,(H2,25,30)(H2,27,28,29)/t17-,18+/m0/s1. The number of rotatable bonds is 5. The highest BCUT2D eigenvalue weighted by Gasteiger charge is 2.24. The lowest BCUT2D eigenvalue weighted by molar-refractivity contribution is 0.100. The number of carbonyl (C=O) groups is 1. The Bertz CT molecular complexity index is 1100.